The predicted molar refractivity (Wildman–Crippen MR) is 136 cm³/mol. The van der Waals surface area contributed by atoms with Crippen LogP contribution < -0.4 is 15.0 Å². The van der Waals surface area contributed by atoms with Crippen LogP contribution in [0.4, 0.5) is 11.4 Å². The number of nitrogens with one attached hydrogen (secondary N) is 1. The Kier molecular flexibility index (Phi) is 7.35. The molecule has 5 nitrogen and oxygen atoms in total. The first-order chi connectivity index (χ1) is 16.6. The van der Waals surface area contributed by atoms with E-state index < -0.39 is 0 Å². The lowest BCUT2D eigenvalue weighted by molar-refractivity contribution is 0.0991. The van der Waals surface area contributed by atoms with E-state index >= 15 is 0 Å². The smallest absolute Gasteiger partial charge is 0.258 e. The first-order valence-corrected chi connectivity index (χ1v) is 11.1. The van der Waals surface area contributed by atoms with E-state index in [1.54, 1.807) is 60.5 Å². The summed E-state index contributed by atoms with van der Waals surface area (Å²) in [7, 11) is 1.74. The molecule has 0 aliphatic rings. The molecule has 4 aromatic rings. The van der Waals surface area contributed by atoms with Crippen LogP contribution in [0.2, 0.25) is 0 Å². The van der Waals surface area contributed by atoms with Gasteiger partial charge in [-0.1, -0.05) is 48.5 Å². The Labute approximate surface area is 199 Å². The quantitative estimate of drug-likeness (QED) is 0.367. The van der Waals surface area contributed by atoms with E-state index in [1.807, 2.05) is 48.5 Å². The number of hydrogen-bond donors (Lipinski definition) is 1. The third-order valence-electron chi connectivity index (χ3n) is 5.46. The molecule has 5 heteroatoms. The van der Waals surface area contributed by atoms with Gasteiger partial charge in [0.2, 0.25) is 0 Å². The molecule has 170 valence electrons. The van der Waals surface area contributed by atoms with Crippen LogP contribution in [0.1, 0.15) is 26.3 Å². The fraction of sp³-hybridized carbons (Fsp3) is 0.103. The monoisotopic (exact) mass is 450 g/mol. The molecule has 0 bridgehead atoms. The minimum absolute atomic E-state index is 0.119. The summed E-state index contributed by atoms with van der Waals surface area (Å²) in [5.74, 6) is 0.376. The molecule has 0 radical (unpaired) electrons. The predicted octanol–water partition coefficient (Wildman–Crippen LogP) is 5.84. The number of amides is 2. The van der Waals surface area contributed by atoms with Crippen LogP contribution >= 0.6 is 0 Å². The summed E-state index contributed by atoms with van der Waals surface area (Å²) in [6.45, 7) is 0.570. The number of rotatable bonds is 8. The summed E-state index contributed by atoms with van der Waals surface area (Å²) in [6.07, 6.45) is 0.822. The highest BCUT2D eigenvalue weighted by Gasteiger charge is 2.13. The molecule has 1 N–H and O–H groups in total. The molecule has 0 saturated heterocycles. The van der Waals surface area contributed by atoms with Gasteiger partial charge in [0.15, 0.2) is 0 Å². The van der Waals surface area contributed by atoms with Gasteiger partial charge in [-0.3, -0.25) is 9.59 Å². The number of ether oxygens (including phenoxy) is 1. The maximum Gasteiger partial charge on any atom is 0.258 e. The zero-order valence-corrected chi connectivity index (χ0v) is 19.0. The summed E-state index contributed by atoms with van der Waals surface area (Å²) in [5.41, 5.74) is 3.73. The lowest BCUT2D eigenvalue weighted by Crippen LogP contribution is -2.26. The van der Waals surface area contributed by atoms with Gasteiger partial charge in [-0.15, -0.1) is 0 Å². The van der Waals surface area contributed by atoms with Gasteiger partial charge in [-0.05, 0) is 66.2 Å². The van der Waals surface area contributed by atoms with Gasteiger partial charge in [-0.25, -0.2) is 0 Å². The molecule has 2 amide bonds. The molecule has 0 saturated carbocycles. The highest BCUT2D eigenvalue weighted by Crippen LogP contribution is 2.18. The second-order valence-electron chi connectivity index (χ2n) is 7.84. The van der Waals surface area contributed by atoms with Crippen molar-refractivity contribution >= 4 is 23.2 Å². The molecule has 0 aliphatic heterocycles. The van der Waals surface area contributed by atoms with Crippen LogP contribution in [0.15, 0.2) is 109 Å². The van der Waals surface area contributed by atoms with Gasteiger partial charge in [-0.2, -0.15) is 0 Å². The van der Waals surface area contributed by atoms with E-state index in [4.69, 9.17) is 4.74 Å². The Morgan fingerprint density at radius 3 is 1.97 bits per heavy atom. The van der Waals surface area contributed by atoms with Crippen molar-refractivity contribution in [2.45, 2.75) is 6.42 Å². The van der Waals surface area contributed by atoms with Gasteiger partial charge in [0.25, 0.3) is 11.8 Å². The molecule has 0 unspecified atom stereocenters. The fourth-order valence-electron chi connectivity index (χ4n) is 3.50. The minimum atomic E-state index is -0.226. The molecule has 4 aromatic carbocycles. The molecule has 4 rings (SSSR count). The fourth-order valence-corrected chi connectivity index (χ4v) is 3.50. The Bertz CT molecular complexity index is 1220. The zero-order valence-electron chi connectivity index (χ0n) is 19.0. The summed E-state index contributed by atoms with van der Waals surface area (Å²) >= 11 is 0. The molecule has 0 atom stereocenters. The van der Waals surface area contributed by atoms with Crippen molar-refractivity contribution in [2.75, 3.05) is 23.9 Å². The van der Waals surface area contributed by atoms with Gasteiger partial charge in [0, 0.05) is 36.0 Å². The zero-order chi connectivity index (χ0) is 23.8. The van der Waals surface area contributed by atoms with Crippen LogP contribution in [0.25, 0.3) is 0 Å². The summed E-state index contributed by atoms with van der Waals surface area (Å²) < 4.78 is 5.78. The average Bonchev–Trinajstić information content (AvgIpc) is 2.90. The van der Waals surface area contributed by atoms with Gasteiger partial charge >= 0.3 is 0 Å². The SMILES string of the molecule is CN(C(=O)c1ccc(NC(=O)c2ccc(OCCc3ccccc3)cc2)cc1)c1ccccc1. The Hall–Kier alpha value is -4.38. The molecule has 0 fully saturated rings. The van der Waals surface area contributed by atoms with Crippen LogP contribution in [0, 0.1) is 0 Å². The molecular weight excluding hydrogens is 424 g/mol. The van der Waals surface area contributed by atoms with E-state index in [1.165, 1.54) is 5.56 Å². The largest absolute Gasteiger partial charge is 0.493 e. The van der Waals surface area contributed by atoms with E-state index in [0.717, 1.165) is 17.9 Å². The molecule has 0 heterocycles. The second-order valence-corrected chi connectivity index (χ2v) is 7.84. The van der Waals surface area contributed by atoms with Crippen molar-refractivity contribution in [1.29, 1.82) is 0 Å². The molecule has 0 aromatic heterocycles. The number of para-hydroxylation sites is 1. The van der Waals surface area contributed by atoms with Crippen molar-refractivity contribution in [2.24, 2.45) is 0 Å². The van der Waals surface area contributed by atoms with Crippen LogP contribution in [0.5, 0.6) is 5.75 Å². The number of carbonyl (C=O) groups excluding carboxylic acids is 2. The molecule has 34 heavy (non-hydrogen) atoms. The topological polar surface area (TPSA) is 58.6 Å². The van der Waals surface area contributed by atoms with Crippen LogP contribution in [-0.2, 0) is 6.42 Å². The highest BCUT2D eigenvalue weighted by molar-refractivity contribution is 6.07. The van der Waals surface area contributed by atoms with Crippen LogP contribution in [0.3, 0.4) is 0 Å². The Morgan fingerprint density at radius 2 is 1.32 bits per heavy atom. The third-order valence-corrected chi connectivity index (χ3v) is 5.46. The van der Waals surface area contributed by atoms with Crippen molar-refractivity contribution in [3.05, 3.63) is 126 Å². The lowest BCUT2D eigenvalue weighted by Gasteiger charge is -2.17. The Balaban J connectivity index is 1.30. The maximum atomic E-state index is 12.7. The highest BCUT2D eigenvalue weighted by atomic mass is 16.5. The van der Waals surface area contributed by atoms with E-state index in [9.17, 15) is 9.59 Å². The van der Waals surface area contributed by atoms with E-state index in [2.05, 4.69) is 17.4 Å². The van der Waals surface area contributed by atoms with E-state index in [-0.39, 0.29) is 11.8 Å². The number of benzene rings is 4. The van der Waals surface area contributed by atoms with Crippen molar-refractivity contribution in [3.63, 3.8) is 0 Å². The third kappa shape index (κ3) is 5.90. The average molecular weight is 451 g/mol. The first-order valence-electron chi connectivity index (χ1n) is 11.1. The lowest BCUT2D eigenvalue weighted by atomic mass is 10.1. The normalized spacial score (nSPS) is 10.4. The maximum absolute atomic E-state index is 12.7. The van der Waals surface area contributed by atoms with Crippen molar-refractivity contribution in [1.82, 2.24) is 0 Å². The number of nitrogens with zero attached hydrogens (tertiary/aromatic N) is 1. The number of hydrogen-bond acceptors (Lipinski definition) is 3. The van der Waals surface area contributed by atoms with Gasteiger partial charge < -0.3 is 15.0 Å². The summed E-state index contributed by atoms with van der Waals surface area (Å²) in [4.78, 5) is 26.9. The minimum Gasteiger partial charge on any atom is -0.493 e. The second kappa shape index (κ2) is 11.0. The number of carbonyl (C=O) groups is 2. The van der Waals surface area contributed by atoms with Crippen LogP contribution in [-0.4, -0.2) is 25.5 Å². The molecule has 0 spiro atoms. The van der Waals surface area contributed by atoms with Crippen molar-refractivity contribution < 1.29 is 14.3 Å². The molecular formula is C29H26N2O3. The first kappa shape index (κ1) is 22.8. The number of anilines is 2. The summed E-state index contributed by atoms with van der Waals surface area (Å²) in [5, 5.41) is 2.86. The van der Waals surface area contributed by atoms with Gasteiger partial charge in [0.05, 0.1) is 6.61 Å². The van der Waals surface area contributed by atoms with E-state index in [0.29, 0.717) is 23.4 Å². The van der Waals surface area contributed by atoms with Crippen molar-refractivity contribution in [3.8, 4) is 5.75 Å². The summed E-state index contributed by atoms with van der Waals surface area (Å²) in [6, 6.07) is 33.5. The Morgan fingerprint density at radius 1 is 0.735 bits per heavy atom. The van der Waals surface area contributed by atoms with Gasteiger partial charge in [0.1, 0.15) is 5.75 Å². The standard InChI is InChI=1S/C29H26N2O3/c1-31(26-10-6-3-7-11-26)29(33)24-12-16-25(17-13-24)30-28(32)23-14-18-27(19-15-23)34-21-20-22-8-4-2-5-9-22/h2-19H,20-21H2,1H3,(H,30,32). The molecule has 0 aliphatic carbocycles.